The van der Waals surface area contributed by atoms with Crippen LogP contribution in [-0.4, -0.2) is 49.2 Å². The zero-order valence-electron chi connectivity index (χ0n) is 22.4. The lowest BCUT2D eigenvalue weighted by molar-refractivity contribution is -0.121. The molecule has 2 unspecified atom stereocenters. The third kappa shape index (κ3) is 4.82. The lowest BCUT2D eigenvalue weighted by atomic mass is 9.76. The van der Waals surface area contributed by atoms with Crippen molar-refractivity contribution in [3.8, 4) is 22.4 Å². The number of piperidine rings is 1. The van der Waals surface area contributed by atoms with Crippen LogP contribution in [0.1, 0.15) is 32.3 Å². The summed E-state index contributed by atoms with van der Waals surface area (Å²) in [7, 11) is 0. The van der Waals surface area contributed by atoms with E-state index in [-0.39, 0.29) is 11.7 Å². The monoisotopic (exact) mass is 519 g/mol. The van der Waals surface area contributed by atoms with E-state index in [1.54, 1.807) is 24.0 Å². The minimum Gasteiger partial charge on any atom is -0.306 e. The van der Waals surface area contributed by atoms with Gasteiger partial charge in [0, 0.05) is 53.5 Å². The minimum absolute atomic E-state index is 0.0214. The maximum absolute atomic E-state index is 13.0. The van der Waals surface area contributed by atoms with Gasteiger partial charge in [-0.2, -0.15) is 5.10 Å². The quantitative estimate of drug-likeness (QED) is 0.391. The highest BCUT2D eigenvalue weighted by atomic mass is 16.1. The number of hydrogen-bond donors (Lipinski definition) is 1. The number of fused-ring (bicyclic) bond motifs is 1. The summed E-state index contributed by atoms with van der Waals surface area (Å²) in [5.74, 6) is 0.376. The van der Waals surface area contributed by atoms with Crippen molar-refractivity contribution in [2.45, 2.75) is 38.9 Å². The first-order valence-electron chi connectivity index (χ1n) is 13.5. The number of rotatable bonds is 6. The molecule has 1 fully saturated rings. The van der Waals surface area contributed by atoms with E-state index in [4.69, 9.17) is 15.7 Å². The molecule has 0 saturated carbocycles. The number of aliphatic imine (C=N–C) groups is 1. The van der Waals surface area contributed by atoms with E-state index in [1.165, 1.54) is 5.56 Å². The van der Waals surface area contributed by atoms with Crippen molar-refractivity contribution in [3.63, 3.8) is 0 Å². The van der Waals surface area contributed by atoms with Gasteiger partial charge in [0.2, 0.25) is 0 Å². The maximum atomic E-state index is 13.0. The summed E-state index contributed by atoms with van der Waals surface area (Å²) in [6.45, 7) is 6.25. The first-order chi connectivity index (χ1) is 18.9. The number of ketones is 1. The second kappa shape index (κ2) is 10.3. The first-order valence-corrected chi connectivity index (χ1v) is 13.5. The molecule has 2 aliphatic rings. The summed E-state index contributed by atoms with van der Waals surface area (Å²) in [5.41, 5.74) is 11.8. The molecule has 0 radical (unpaired) electrons. The molecule has 8 heteroatoms. The van der Waals surface area contributed by atoms with Gasteiger partial charge in [-0.25, -0.2) is 9.67 Å². The van der Waals surface area contributed by atoms with Gasteiger partial charge in [-0.3, -0.25) is 19.7 Å². The third-order valence-corrected chi connectivity index (χ3v) is 8.00. The van der Waals surface area contributed by atoms with Crippen molar-refractivity contribution in [1.82, 2.24) is 24.6 Å². The number of likely N-dealkylation sites (tertiary alicyclic amines) is 1. The highest BCUT2D eigenvalue weighted by molar-refractivity contribution is 6.08. The molecule has 2 aliphatic heterocycles. The van der Waals surface area contributed by atoms with Gasteiger partial charge in [-0.15, -0.1) is 0 Å². The lowest BCUT2D eigenvalue weighted by Crippen LogP contribution is -2.56. The number of Topliss-reactive ketones (excluding diaryl/α,β-unsaturated/α-hetero) is 1. The summed E-state index contributed by atoms with van der Waals surface area (Å²) in [6.07, 6.45) is 9.23. The maximum Gasteiger partial charge on any atom is 0.160 e. The fourth-order valence-electron chi connectivity index (χ4n) is 6.03. The van der Waals surface area contributed by atoms with Crippen LogP contribution in [-0.2, 0) is 17.0 Å². The molecule has 0 spiro atoms. The second-order valence-corrected chi connectivity index (χ2v) is 10.8. The van der Waals surface area contributed by atoms with Crippen LogP contribution in [0.3, 0.4) is 0 Å². The van der Waals surface area contributed by atoms with E-state index in [0.29, 0.717) is 5.82 Å². The van der Waals surface area contributed by atoms with Crippen molar-refractivity contribution in [2.75, 3.05) is 13.1 Å². The Morgan fingerprint density at radius 3 is 2.46 bits per heavy atom. The lowest BCUT2D eigenvalue weighted by Gasteiger charge is -2.42. The molecular weight excluding hydrogens is 486 g/mol. The summed E-state index contributed by atoms with van der Waals surface area (Å²) in [5, 5.41) is 4.63. The van der Waals surface area contributed by atoms with Crippen molar-refractivity contribution in [1.29, 1.82) is 0 Å². The Hall–Kier alpha value is -4.01. The van der Waals surface area contributed by atoms with E-state index in [9.17, 15) is 4.79 Å². The molecule has 0 bridgehead atoms. The first kappa shape index (κ1) is 25.3. The van der Waals surface area contributed by atoms with E-state index in [1.807, 2.05) is 67.8 Å². The third-order valence-electron chi connectivity index (χ3n) is 8.00. The Morgan fingerprint density at radius 2 is 1.79 bits per heavy atom. The van der Waals surface area contributed by atoms with E-state index >= 15 is 0 Å². The number of nitrogens with two attached hydrogens (primary N) is 1. The Balaban J connectivity index is 1.30. The van der Waals surface area contributed by atoms with Crippen molar-refractivity contribution < 1.29 is 4.79 Å². The van der Waals surface area contributed by atoms with Crippen LogP contribution in [0.5, 0.6) is 0 Å². The largest absolute Gasteiger partial charge is 0.306 e. The van der Waals surface area contributed by atoms with Crippen LogP contribution in [0.25, 0.3) is 22.4 Å². The second-order valence-electron chi connectivity index (χ2n) is 10.8. The topological polar surface area (TPSA) is 102 Å². The van der Waals surface area contributed by atoms with Crippen LogP contribution >= 0.6 is 0 Å². The Labute approximate surface area is 228 Å². The molecule has 3 aromatic heterocycles. The van der Waals surface area contributed by atoms with Gasteiger partial charge >= 0.3 is 0 Å². The van der Waals surface area contributed by atoms with Crippen molar-refractivity contribution >= 4 is 17.3 Å². The molecule has 5 heterocycles. The van der Waals surface area contributed by atoms with E-state index in [2.05, 4.69) is 21.0 Å². The molecule has 2 atom stereocenters. The average molecular weight is 520 g/mol. The van der Waals surface area contributed by atoms with Crippen LogP contribution in [0.15, 0.2) is 84.4 Å². The molecule has 1 aromatic carbocycles. The molecule has 8 nitrogen and oxygen atoms in total. The van der Waals surface area contributed by atoms with Crippen LogP contribution < -0.4 is 5.73 Å². The molecule has 39 heavy (non-hydrogen) atoms. The Bertz CT molecular complexity index is 1490. The van der Waals surface area contributed by atoms with Crippen LogP contribution in [0, 0.1) is 11.8 Å². The number of carbonyl (C=O) groups excluding carboxylic acids is 1. The summed E-state index contributed by atoms with van der Waals surface area (Å²) in [6, 6.07) is 18.2. The van der Waals surface area contributed by atoms with Crippen molar-refractivity contribution in [2.24, 2.45) is 22.6 Å². The Kier molecular flexibility index (Phi) is 6.66. The van der Waals surface area contributed by atoms with Gasteiger partial charge in [0.1, 0.15) is 11.4 Å². The van der Waals surface area contributed by atoms with Crippen molar-refractivity contribution in [3.05, 3.63) is 84.9 Å². The summed E-state index contributed by atoms with van der Waals surface area (Å²) >= 11 is 0. The minimum atomic E-state index is -1.01. The van der Waals surface area contributed by atoms with Gasteiger partial charge in [0.15, 0.2) is 5.82 Å². The molecule has 0 aliphatic carbocycles. The van der Waals surface area contributed by atoms with Gasteiger partial charge < -0.3 is 5.73 Å². The predicted molar refractivity (Wildman–Crippen MR) is 152 cm³/mol. The molecule has 2 N–H and O–H groups in total. The van der Waals surface area contributed by atoms with Gasteiger partial charge in [0.25, 0.3) is 0 Å². The number of benzene rings is 1. The number of carbonyl (C=O) groups is 1. The highest BCUT2D eigenvalue weighted by Crippen LogP contribution is 2.42. The Morgan fingerprint density at radius 1 is 1.00 bits per heavy atom. The number of nitrogens with zero attached hydrogens (tertiary/aromatic N) is 6. The van der Waals surface area contributed by atoms with Gasteiger partial charge in [-0.1, -0.05) is 42.5 Å². The molecular formula is C31H33N7O. The fraction of sp³-hybridized carbons (Fsp3) is 0.323. The van der Waals surface area contributed by atoms with Gasteiger partial charge in [-0.05, 0) is 57.5 Å². The zero-order chi connectivity index (χ0) is 27.0. The molecule has 0 amide bonds. The van der Waals surface area contributed by atoms with E-state index < -0.39 is 11.6 Å². The zero-order valence-corrected chi connectivity index (χ0v) is 22.4. The summed E-state index contributed by atoms with van der Waals surface area (Å²) in [4.78, 5) is 29.5. The van der Waals surface area contributed by atoms with Gasteiger partial charge in [0.05, 0.1) is 17.8 Å². The standard InChI is InChI=1S/C31H33N7O/c1-21(39)28-29(24-12-15-37(16-13-24)20-22-7-6-14-33-17-22)36-30-26(19-35-38(30)31(28,2)32)25-10-11-27(34-18-25)23-8-4-3-5-9-23/h3-11,14,17-19,24,28H,12-13,15-16,20,32H2,1-2H3. The van der Waals surface area contributed by atoms with Crippen LogP contribution in [0.2, 0.25) is 0 Å². The number of hydrogen-bond acceptors (Lipinski definition) is 7. The van der Waals surface area contributed by atoms with Crippen LogP contribution in [0.4, 0.5) is 5.82 Å². The smallest absolute Gasteiger partial charge is 0.160 e. The highest BCUT2D eigenvalue weighted by Gasteiger charge is 2.47. The number of aromatic nitrogens is 4. The molecule has 4 aromatic rings. The SMILES string of the molecule is CC(=O)C1C(C2CCN(Cc3cccnc3)CC2)=Nc2c(-c3ccc(-c4ccccc4)nc3)cnn2C1(C)N. The fourth-order valence-corrected chi connectivity index (χ4v) is 6.03. The summed E-state index contributed by atoms with van der Waals surface area (Å²) < 4.78 is 1.72. The normalized spacial score (nSPS) is 21.8. The average Bonchev–Trinajstić information content (AvgIpc) is 3.39. The molecule has 6 rings (SSSR count). The van der Waals surface area contributed by atoms with E-state index in [0.717, 1.165) is 60.6 Å². The molecule has 198 valence electrons. The number of pyridine rings is 2. The molecule has 1 saturated heterocycles. The predicted octanol–water partition coefficient (Wildman–Crippen LogP) is 4.84.